The highest BCUT2D eigenvalue weighted by Gasteiger charge is 2.24. The summed E-state index contributed by atoms with van der Waals surface area (Å²) in [6.07, 6.45) is 3.84. The molecular formula is C9H16N2. The number of fused-ring (bicyclic) bond motifs is 2. The highest BCUT2D eigenvalue weighted by atomic mass is 15.0. The fourth-order valence-electron chi connectivity index (χ4n) is 2.07. The summed E-state index contributed by atoms with van der Waals surface area (Å²) in [4.78, 5) is 4.45. The van der Waals surface area contributed by atoms with Crippen molar-refractivity contribution in [1.82, 2.24) is 5.32 Å². The number of hydrogen-bond acceptors (Lipinski definition) is 2. The quantitative estimate of drug-likeness (QED) is 0.558. The number of amidine groups is 1. The van der Waals surface area contributed by atoms with Gasteiger partial charge in [0.2, 0.25) is 0 Å². The molecule has 2 heterocycles. The summed E-state index contributed by atoms with van der Waals surface area (Å²) in [7, 11) is 0. The molecule has 0 amide bonds. The number of nitrogens with one attached hydrogen (secondary N) is 1. The molecule has 11 heavy (non-hydrogen) atoms. The van der Waals surface area contributed by atoms with E-state index >= 15 is 0 Å². The van der Waals surface area contributed by atoms with E-state index in [1.165, 1.54) is 25.1 Å². The van der Waals surface area contributed by atoms with Gasteiger partial charge in [0.15, 0.2) is 0 Å². The highest BCUT2D eigenvalue weighted by molar-refractivity contribution is 5.83. The van der Waals surface area contributed by atoms with Gasteiger partial charge < -0.3 is 5.32 Å². The fraction of sp³-hybridized carbons (Fsp3) is 0.889. The molecule has 2 rings (SSSR count). The van der Waals surface area contributed by atoms with E-state index in [0.717, 1.165) is 24.9 Å². The van der Waals surface area contributed by atoms with Gasteiger partial charge in [-0.05, 0) is 24.7 Å². The van der Waals surface area contributed by atoms with Crippen molar-refractivity contribution in [3.8, 4) is 0 Å². The van der Waals surface area contributed by atoms with Gasteiger partial charge in [0.05, 0.1) is 5.84 Å². The first-order chi connectivity index (χ1) is 5.36. The van der Waals surface area contributed by atoms with E-state index in [-0.39, 0.29) is 0 Å². The lowest BCUT2D eigenvalue weighted by Crippen LogP contribution is -2.26. The van der Waals surface area contributed by atoms with Crippen LogP contribution in [0.5, 0.6) is 0 Å². The lowest BCUT2D eigenvalue weighted by Gasteiger charge is -2.22. The zero-order valence-electron chi connectivity index (χ0n) is 7.14. The van der Waals surface area contributed by atoms with Crippen LogP contribution in [-0.4, -0.2) is 18.9 Å². The molecule has 2 bridgehead atoms. The SMILES string of the molecule is CC1CCNC2=NCCC1C2. The molecule has 1 fully saturated rings. The van der Waals surface area contributed by atoms with Gasteiger partial charge in [-0.1, -0.05) is 6.92 Å². The second kappa shape index (κ2) is 2.84. The van der Waals surface area contributed by atoms with Crippen molar-refractivity contribution in [2.75, 3.05) is 13.1 Å². The molecule has 2 aliphatic heterocycles. The molecule has 1 N–H and O–H groups in total. The maximum absolute atomic E-state index is 4.45. The Morgan fingerprint density at radius 1 is 1.45 bits per heavy atom. The zero-order chi connectivity index (χ0) is 7.68. The summed E-state index contributed by atoms with van der Waals surface area (Å²) >= 11 is 0. The van der Waals surface area contributed by atoms with Crippen LogP contribution in [0.1, 0.15) is 26.2 Å². The average Bonchev–Trinajstić information content (AvgIpc) is 2.14. The van der Waals surface area contributed by atoms with Crippen LogP contribution < -0.4 is 5.32 Å². The van der Waals surface area contributed by atoms with Crippen molar-refractivity contribution in [3.63, 3.8) is 0 Å². The Morgan fingerprint density at radius 2 is 2.36 bits per heavy atom. The molecule has 62 valence electrons. The predicted octanol–water partition coefficient (Wildman–Crippen LogP) is 1.42. The smallest absolute Gasteiger partial charge is 0.0965 e. The summed E-state index contributed by atoms with van der Waals surface area (Å²) in [6.45, 7) is 4.56. The third-order valence-electron chi connectivity index (χ3n) is 2.99. The number of aliphatic imine (C=N–C) groups is 1. The Hall–Kier alpha value is -0.530. The van der Waals surface area contributed by atoms with Gasteiger partial charge in [0.25, 0.3) is 0 Å². The molecule has 0 saturated carbocycles. The Balaban J connectivity index is 2.12. The van der Waals surface area contributed by atoms with Crippen LogP contribution in [0, 0.1) is 11.8 Å². The van der Waals surface area contributed by atoms with Gasteiger partial charge in [-0.15, -0.1) is 0 Å². The lowest BCUT2D eigenvalue weighted by atomic mass is 9.86. The van der Waals surface area contributed by atoms with E-state index in [4.69, 9.17) is 0 Å². The Kier molecular flexibility index (Phi) is 1.84. The van der Waals surface area contributed by atoms with Crippen LogP contribution >= 0.6 is 0 Å². The molecular weight excluding hydrogens is 136 g/mol. The second-order valence-corrected chi connectivity index (χ2v) is 3.77. The number of nitrogens with zero attached hydrogens (tertiary/aromatic N) is 1. The van der Waals surface area contributed by atoms with Gasteiger partial charge in [-0.25, -0.2) is 0 Å². The van der Waals surface area contributed by atoms with Crippen molar-refractivity contribution in [2.24, 2.45) is 16.8 Å². The molecule has 0 spiro atoms. The molecule has 0 aliphatic carbocycles. The molecule has 0 aromatic rings. The minimum Gasteiger partial charge on any atom is -0.374 e. The van der Waals surface area contributed by atoms with Gasteiger partial charge in [0.1, 0.15) is 0 Å². The van der Waals surface area contributed by atoms with Crippen LogP contribution in [0.15, 0.2) is 4.99 Å². The van der Waals surface area contributed by atoms with E-state index in [1.807, 2.05) is 0 Å². The average molecular weight is 152 g/mol. The third-order valence-corrected chi connectivity index (χ3v) is 2.99. The Bertz CT molecular complexity index is 174. The Labute approximate surface area is 68.1 Å². The van der Waals surface area contributed by atoms with Crippen LogP contribution in [0.3, 0.4) is 0 Å². The maximum atomic E-state index is 4.45. The van der Waals surface area contributed by atoms with Gasteiger partial charge in [-0.2, -0.15) is 0 Å². The fourth-order valence-corrected chi connectivity index (χ4v) is 2.07. The van der Waals surface area contributed by atoms with E-state index in [1.54, 1.807) is 0 Å². The summed E-state index contributed by atoms with van der Waals surface area (Å²) in [5.74, 6) is 3.08. The van der Waals surface area contributed by atoms with E-state index in [9.17, 15) is 0 Å². The first-order valence-electron chi connectivity index (χ1n) is 4.63. The summed E-state index contributed by atoms with van der Waals surface area (Å²) in [5, 5.41) is 3.39. The summed E-state index contributed by atoms with van der Waals surface area (Å²) in [6, 6.07) is 0. The molecule has 2 heteroatoms. The van der Waals surface area contributed by atoms with Crippen molar-refractivity contribution in [3.05, 3.63) is 0 Å². The highest BCUT2D eigenvalue weighted by Crippen LogP contribution is 2.27. The Morgan fingerprint density at radius 3 is 3.27 bits per heavy atom. The lowest BCUT2D eigenvalue weighted by molar-refractivity contribution is 0.338. The first-order valence-corrected chi connectivity index (χ1v) is 4.63. The minimum atomic E-state index is 0.899. The van der Waals surface area contributed by atoms with Crippen molar-refractivity contribution in [1.29, 1.82) is 0 Å². The minimum absolute atomic E-state index is 0.899. The third kappa shape index (κ3) is 1.39. The van der Waals surface area contributed by atoms with Crippen molar-refractivity contribution >= 4 is 5.84 Å². The molecule has 2 atom stereocenters. The molecule has 2 aliphatic rings. The molecule has 2 nitrogen and oxygen atoms in total. The summed E-state index contributed by atoms with van der Waals surface area (Å²) < 4.78 is 0. The summed E-state index contributed by atoms with van der Waals surface area (Å²) in [5.41, 5.74) is 0. The standard InChI is InChI=1S/C9H16N2/c1-7-2-4-10-9-6-8(7)3-5-11-9/h7-8H,2-6H2,1H3,(H,10,11). The van der Waals surface area contributed by atoms with Gasteiger partial charge in [-0.3, -0.25) is 4.99 Å². The topological polar surface area (TPSA) is 24.4 Å². The number of rotatable bonds is 0. The molecule has 2 unspecified atom stereocenters. The van der Waals surface area contributed by atoms with Gasteiger partial charge in [0, 0.05) is 19.5 Å². The molecule has 1 saturated heterocycles. The molecule has 0 aromatic heterocycles. The second-order valence-electron chi connectivity index (χ2n) is 3.77. The van der Waals surface area contributed by atoms with Crippen LogP contribution in [0.25, 0.3) is 0 Å². The van der Waals surface area contributed by atoms with Crippen LogP contribution in [0.4, 0.5) is 0 Å². The van der Waals surface area contributed by atoms with Crippen LogP contribution in [-0.2, 0) is 0 Å². The van der Waals surface area contributed by atoms with E-state index < -0.39 is 0 Å². The zero-order valence-corrected chi connectivity index (χ0v) is 7.14. The van der Waals surface area contributed by atoms with Crippen molar-refractivity contribution in [2.45, 2.75) is 26.2 Å². The monoisotopic (exact) mass is 152 g/mol. The van der Waals surface area contributed by atoms with E-state index in [0.29, 0.717) is 0 Å². The van der Waals surface area contributed by atoms with Gasteiger partial charge >= 0.3 is 0 Å². The normalized spacial score (nSPS) is 37.0. The maximum Gasteiger partial charge on any atom is 0.0965 e. The first kappa shape index (κ1) is 7.14. The number of hydrogen-bond donors (Lipinski definition) is 1. The molecule has 0 radical (unpaired) electrons. The molecule has 0 aromatic carbocycles. The predicted molar refractivity (Wildman–Crippen MR) is 46.8 cm³/mol. The van der Waals surface area contributed by atoms with E-state index in [2.05, 4.69) is 17.2 Å². The van der Waals surface area contributed by atoms with Crippen molar-refractivity contribution < 1.29 is 0 Å². The van der Waals surface area contributed by atoms with Crippen LogP contribution in [0.2, 0.25) is 0 Å². The largest absolute Gasteiger partial charge is 0.374 e.